The first kappa shape index (κ1) is 10.9. The minimum absolute atomic E-state index is 0.0525. The number of nitrogens with two attached hydrogens (primary N) is 1. The molecule has 0 spiro atoms. The number of aryl methyl sites for hydroxylation is 1. The van der Waals surface area contributed by atoms with E-state index in [4.69, 9.17) is 15.6 Å². The molecule has 5 heteroatoms. The summed E-state index contributed by atoms with van der Waals surface area (Å²) in [5.74, 6) is 0.815. The predicted octanol–water partition coefficient (Wildman–Crippen LogP) is -0.172. The molecule has 0 aliphatic carbocycles. The van der Waals surface area contributed by atoms with Gasteiger partial charge in [-0.15, -0.1) is 0 Å². The van der Waals surface area contributed by atoms with Crippen LogP contribution < -0.4 is 10.5 Å². The number of hydrogen-bond acceptors (Lipinski definition) is 5. The Morgan fingerprint density at radius 2 is 2.29 bits per heavy atom. The summed E-state index contributed by atoms with van der Waals surface area (Å²) >= 11 is 0. The zero-order valence-electron chi connectivity index (χ0n) is 8.40. The molecule has 0 amide bonds. The summed E-state index contributed by atoms with van der Waals surface area (Å²) in [6, 6.07) is 1.73. The van der Waals surface area contributed by atoms with Crippen LogP contribution in [-0.4, -0.2) is 35.3 Å². The zero-order valence-corrected chi connectivity index (χ0v) is 8.40. The number of ether oxygens (including phenoxy) is 1. The Labute approximate surface area is 82.9 Å². The summed E-state index contributed by atoms with van der Waals surface area (Å²) in [6.07, 6.45) is 0. The average molecular weight is 197 g/mol. The van der Waals surface area contributed by atoms with E-state index in [0.29, 0.717) is 18.2 Å². The van der Waals surface area contributed by atoms with Crippen LogP contribution in [0.15, 0.2) is 6.07 Å². The van der Waals surface area contributed by atoms with E-state index >= 15 is 0 Å². The first-order chi connectivity index (χ1) is 6.71. The Morgan fingerprint density at radius 3 is 2.79 bits per heavy atom. The smallest absolute Gasteiger partial charge is 0.216 e. The number of nitrogens with zero attached hydrogens (tertiary/aromatic N) is 2. The van der Waals surface area contributed by atoms with Crippen LogP contribution in [0.1, 0.15) is 17.4 Å². The van der Waals surface area contributed by atoms with Crippen molar-refractivity contribution in [3.05, 3.63) is 17.6 Å². The molecule has 78 valence electrons. The van der Waals surface area contributed by atoms with Gasteiger partial charge < -0.3 is 15.6 Å². The van der Waals surface area contributed by atoms with Crippen LogP contribution in [0.25, 0.3) is 0 Å². The molecule has 0 saturated carbocycles. The van der Waals surface area contributed by atoms with Crippen molar-refractivity contribution in [1.82, 2.24) is 9.97 Å². The molecule has 0 aromatic carbocycles. The Kier molecular flexibility index (Phi) is 3.79. The van der Waals surface area contributed by atoms with Gasteiger partial charge in [0.2, 0.25) is 5.88 Å². The summed E-state index contributed by atoms with van der Waals surface area (Å²) in [5.41, 5.74) is 6.28. The first-order valence-corrected chi connectivity index (χ1v) is 4.41. The van der Waals surface area contributed by atoms with Crippen LogP contribution >= 0.6 is 0 Å². The third kappa shape index (κ3) is 2.40. The van der Waals surface area contributed by atoms with Crippen molar-refractivity contribution in [2.75, 3.05) is 20.3 Å². The van der Waals surface area contributed by atoms with Crippen molar-refractivity contribution >= 4 is 0 Å². The maximum atomic E-state index is 9.03. The van der Waals surface area contributed by atoms with Crippen molar-refractivity contribution in [3.63, 3.8) is 0 Å². The zero-order chi connectivity index (χ0) is 10.6. The highest BCUT2D eigenvalue weighted by Gasteiger charge is 2.13. The Hall–Kier alpha value is -1.20. The molecule has 1 heterocycles. The topological polar surface area (TPSA) is 81.3 Å². The van der Waals surface area contributed by atoms with Gasteiger partial charge in [-0.1, -0.05) is 0 Å². The normalized spacial score (nSPS) is 12.6. The van der Waals surface area contributed by atoms with E-state index in [1.165, 1.54) is 0 Å². The van der Waals surface area contributed by atoms with Crippen LogP contribution in [0.3, 0.4) is 0 Å². The SMILES string of the molecule is COc1cc(C)nc(C(CN)CO)n1. The number of rotatable bonds is 4. The van der Waals surface area contributed by atoms with E-state index in [0.717, 1.165) is 5.69 Å². The number of aliphatic hydroxyl groups is 1. The molecule has 1 atom stereocenters. The lowest BCUT2D eigenvalue weighted by Gasteiger charge is -2.11. The number of aromatic nitrogens is 2. The summed E-state index contributed by atoms with van der Waals surface area (Å²) < 4.78 is 5.00. The minimum Gasteiger partial charge on any atom is -0.481 e. The van der Waals surface area contributed by atoms with Gasteiger partial charge >= 0.3 is 0 Å². The summed E-state index contributed by atoms with van der Waals surface area (Å²) in [6.45, 7) is 2.12. The molecule has 14 heavy (non-hydrogen) atoms. The third-order valence-corrected chi connectivity index (χ3v) is 1.93. The highest BCUT2D eigenvalue weighted by molar-refractivity contribution is 5.17. The molecule has 1 unspecified atom stereocenters. The molecule has 0 bridgehead atoms. The summed E-state index contributed by atoms with van der Waals surface area (Å²) in [4.78, 5) is 8.31. The number of hydrogen-bond donors (Lipinski definition) is 2. The van der Waals surface area contributed by atoms with Gasteiger partial charge in [-0.05, 0) is 6.92 Å². The van der Waals surface area contributed by atoms with Crippen molar-refractivity contribution < 1.29 is 9.84 Å². The fourth-order valence-electron chi connectivity index (χ4n) is 1.11. The lowest BCUT2D eigenvalue weighted by atomic mass is 10.1. The molecule has 0 saturated heterocycles. The number of methoxy groups -OCH3 is 1. The van der Waals surface area contributed by atoms with Crippen LogP contribution in [0, 0.1) is 6.92 Å². The molecule has 1 aromatic rings. The van der Waals surface area contributed by atoms with Crippen LogP contribution in [-0.2, 0) is 0 Å². The molecule has 3 N–H and O–H groups in total. The Balaban J connectivity index is 3.01. The van der Waals surface area contributed by atoms with Gasteiger partial charge in [0.25, 0.3) is 0 Å². The summed E-state index contributed by atoms with van der Waals surface area (Å²) in [7, 11) is 1.54. The molecule has 0 aliphatic rings. The second-order valence-corrected chi connectivity index (χ2v) is 3.03. The van der Waals surface area contributed by atoms with Gasteiger partial charge in [0.15, 0.2) is 0 Å². The molecule has 1 aromatic heterocycles. The van der Waals surface area contributed by atoms with Crippen molar-refractivity contribution in [2.45, 2.75) is 12.8 Å². The van der Waals surface area contributed by atoms with Gasteiger partial charge in [-0.3, -0.25) is 0 Å². The second kappa shape index (κ2) is 4.88. The van der Waals surface area contributed by atoms with Crippen LogP contribution in [0.4, 0.5) is 0 Å². The van der Waals surface area contributed by atoms with Gasteiger partial charge in [-0.2, -0.15) is 4.98 Å². The van der Waals surface area contributed by atoms with Gasteiger partial charge in [0.1, 0.15) is 5.82 Å². The lowest BCUT2D eigenvalue weighted by molar-refractivity contribution is 0.262. The van der Waals surface area contributed by atoms with E-state index in [-0.39, 0.29) is 12.5 Å². The standard InChI is InChI=1S/C9H15N3O2/c1-6-3-8(14-2)12-9(11-6)7(4-10)5-13/h3,7,13H,4-5,10H2,1-2H3. The van der Waals surface area contributed by atoms with Crippen molar-refractivity contribution in [1.29, 1.82) is 0 Å². The van der Waals surface area contributed by atoms with E-state index in [2.05, 4.69) is 9.97 Å². The minimum atomic E-state index is -0.219. The highest BCUT2D eigenvalue weighted by atomic mass is 16.5. The number of aliphatic hydroxyl groups excluding tert-OH is 1. The molecular formula is C9H15N3O2. The third-order valence-electron chi connectivity index (χ3n) is 1.93. The van der Waals surface area contributed by atoms with E-state index < -0.39 is 0 Å². The Bertz CT molecular complexity index is 300. The fourth-order valence-corrected chi connectivity index (χ4v) is 1.11. The van der Waals surface area contributed by atoms with Crippen molar-refractivity contribution in [3.8, 4) is 5.88 Å². The van der Waals surface area contributed by atoms with E-state index in [1.807, 2.05) is 6.92 Å². The van der Waals surface area contributed by atoms with Gasteiger partial charge in [-0.25, -0.2) is 4.98 Å². The van der Waals surface area contributed by atoms with Crippen LogP contribution in [0.2, 0.25) is 0 Å². The molecule has 1 rings (SSSR count). The maximum absolute atomic E-state index is 9.03. The maximum Gasteiger partial charge on any atom is 0.216 e. The van der Waals surface area contributed by atoms with Gasteiger partial charge in [0.05, 0.1) is 19.6 Å². The van der Waals surface area contributed by atoms with Gasteiger partial charge in [0, 0.05) is 18.3 Å². The predicted molar refractivity (Wildman–Crippen MR) is 52.2 cm³/mol. The quantitative estimate of drug-likeness (QED) is 0.700. The first-order valence-electron chi connectivity index (χ1n) is 4.41. The van der Waals surface area contributed by atoms with E-state index in [9.17, 15) is 0 Å². The van der Waals surface area contributed by atoms with Crippen LogP contribution in [0.5, 0.6) is 5.88 Å². The van der Waals surface area contributed by atoms with E-state index in [1.54, 1.807) is 13.2 Å². The molecule has 0 fully saturated rings. The molecular weight excluding hydrogens is 182 g/mol. The summed E-state index contributed by atoms with van der Waals surface area (Å²) in [5, 5.41) is 9.03. The molecule has 0 radical (unpaired) electrons. The molecule has 5 nitrogen and oxygen atoms in total. The largest absolute Gasteiger partial charge is 0.481 e. The molecule has 0 aliphatic heterocycles. The van der Waals surface area contributed by atoms with Crippen molar-refractivity contribution in [2.24, 2.45) is 5.73 Å². The second-order valence-electron chi connectivity index (χ2n) is 3.03. The lowest BCUT2D eigenvalue weighted by Crippen LogP contribution is -2.19. The average Bonchev–Trinajstić information content (AvgIpc) is 2.19. The fraction of sp³-hybridized carbons (Fsp3) is 0.556. The Morgan fingerprint density at radius 1 is 1.57 bits per heavy atom. The highest BCUT2D eigenvalue weighted by Crippen LogP contribution is 2.14. The monoisotopic (exact) mass is 197 g/mol.